The minimum Gasteiger partial charge on any atom is -0.484 e. The number of halogens is 1. The van der Waals surface area contributed by atoms with Crippen molar-refractivity contribution in [2.45, 2.75) is 46.2 Å². The van der Waals surface area contributed by atoms with E-state index in [9.17, 15) is 14.0 Å². The highest BCUT2D eigenvalue weighted by molar-refractivity contribution is 6.08. The number of hydrogen-bond donors (Lipinski definition) is 1. The lowest BCUT2D eigenvalue weighted by Crippen LogP contribution is -2.38. The average molecular weight is 452 g/mol. The summed E-state index contributed by atoms with van der Waals surface area (Å²) in [5, 5.41) is 3.73. The van der Waals surface area contributed by atoms with Crippen LogP contribution in [0.1, 0.15) is 47.8 Å². The highest BCUT2D eigenvalue weighted by Gasteiger charge is 2.21. The molecule has 0 bridgehead atoms. The Morgan fingerprint density at radius 3 is 2.48 bits per heavy atom. The van der Waals surface area contributed by atoms with Crippen LogP contribution in [0.5, 0.6) is 5.75 Å². The molecule has 1 fully saturated rings. The van der Waals surface area contributed by atoms with Crippen molar-refractivity contribution >= 4 is 22.7 Å². The van der Waals surface area contributed by atoms with Gasteiger partial charge in [-0.3, -0.25) is 9.59 Å². The number of fused-ring (bicyclic) bond motifs is 1. The number of carbonyl (C=O) groups excluding carboxylic acids is 2. The van der Waals surface area contributed by atoms with Crippen molar-refractivity contribution in [3.63, 3.8) is 0 Å². The van der Waals surface area contributed by atoms with Gasteiger partial charge < -0.3 is 19.5 Å². The van der Waals surface area contributed by atoms with E-state index in [1.165, 1.54) is 18.6 Å². The maximum absolute atomic E-state index is 13.2. The lowest BCUT2D eigenvalue weighted by molar-refractivity contribution is -0.134. The van der Waals surface area contributed by atoms with E-state index < -0.39 is 0 Å². The Labute approximate surface area is 193 Å². The number of hydrogen-bond acceptors (Lipinski definition) is 3. The molecule has 7 heteroatoms. The second-order valence-electron chi connectivity index (χ2n) is 8.42. The van der Waals surface area contributed by atoms with Crippen molar-refractivity contribution in [2.75, 3.05) is 19.7 Å². The third kappa shape index (κ3) is 5.02. The lowest BCUT2D eigenvalue weighted by atomic mass is 10.1. The van der Waals surface area contributed by atoms with Crippen molar-refractivity contribution in [1.82, 2.24) is 14.8 Å². The number of piperidine rings is 1. The molecular formula is C26H30FN3O3. The summed E-state index contributed by atoms with van der Waals surface area (Å²) in [6, 6.07) is 11.7. The van der Waals surface area contributed by atoms with Gasteiger partial charge in [-0.2, -0.15) is 0 Å². The van der Waals surface area contributed by atoms with Crippen LogP contribution in [0.2, 0.25) is 0 Å². The van der Waals surface area contributed by atoms with Gasteiger partial charge in [-0.1, -0.05) is 12.1 Å². The maximum atomic E-state index is 13.2. The molecule has 0 radical (unpaired) electrons. The van der Waals surface area contributed by atoms with Crippen LogP contribution in [-0.2, 0) is 17.9 Å². The van der Waals surface area contributed by atoms with Crippen LogP contribution in [0.4, 0.5) is 4.39 Å². The van der Waals surface area contributed by atoms with Crippen LogP contribution < -0.4 is 10.1 Å². The zero-order valence-electron chi connectivity index (χ0n) is 19.2. The Morgan fingerprint density at radius 2 is 1.79 bits per heavy atom. The van der Waals surface area contributed by atoms with Crippen LogP contribution in [0.25, 0.3) is 10.9 Å². The molecule has 1 saturated heterocycles. The topological polar surface area (TPSA) is 63.6 Å². The van der Waals surface area contributed by atoms with Crippen molar-refractivity contribution in [3.8, 4) is 5.75 Å². The molecule has 0 unspecified atom stereocenters. The van der Waals surface area contributed by atoms with E-state index in [1.54, 1.807) is 12.1 Å². The Balaban J connectivity index is 1.53. The van der Waals surface area contributed by atoms with Crippen molar-refractivity contribution in [3.05, 3.63) is 65.1 Å². The zero-order chi connectivity index (χ0) is 23.4. The number of aryl methyl sites for hydroxylation is 1. The van der Waals surface area contributed by atoms with E-state index in [2.05, 4.69) is 9.88 Å². The Hall–Kier alpha value is -3.35. The molecule has 2 aromatic carbocycles. The second-order valence-corrected chi connectivity index (χ2v) is 8.42. The van der Waals surface area contributed by atoms with Gasteiger partial charge in [0.2, 0.25) is 0 Å². The number of carbonyl (C=O) groups is 2. The van der Waals surface area contributed by atoms with E-state index in [-0.39, 0.29) is 24.2 Å². The minimum absolute atomic E-state index is 0.00521. The van der Waals surface area contributed by atoms with Crippen LogP contribution in [0.3, 0.4) is 0 Å². The molecule has 0 saturated carbocycles. The lowest BCUT2D eigenvalue weighted by Gasteiger charge is -2.26. The molecule has 1 aromatic heterocycles. The van der Waals surface area contributed by atoms with Gasteiger partial charge >= 0.3 is 0 Å². The molecule has 33 heavy (non-hydrogen) atoms. The normalized spacial score (nSPS) is 13.8. The first kappa shape index (κ1) is 22.8. The summed E-state index contributed by atoms with van der Waals surface area (Å²) in [5.41, 5.74) is 3.21. The monoisotopic (exact) mass is 451 g/mol. The molecule has 3 aromatic rings. The van der Waals surface area contributed by atoms with E-state index in [0.717, 1.165) is 54.6 Å². The summed E-state index contributed by atoms with van der Waals surface area (Å²) < 4.78 is 21.1. The molecule has 1 aliphatic heterocycles. The largest absolute Gasteiger partial charge is 0.484 e. The number of aromatic nitrogens is 1. The molecule has 0 aliphatic carbocycles. The van der Waals surface area contributed by atoms with Gasteiger partial charge in [-0.15, -0.1) is 0 Å². The Kier molecular flexibility index (Phi) is 6.96. The van der Waals surface area contributed by atoms with Gasteiger partial charge in [0.15, 0.2) is 6.61 Å². The molecule has 2 heterocycles. The molecule has 6 nitrogen and oxygen atoms in total. The highest BCUT2D eigenvalue weighted by atomic mass is 19.1. The maximum Gasteiger partial charge on any atom is 0.260 e. The summed E-state index contributed by atoms with van der Waals surface area (Å²) >= 11 is 0. The molecule has 174 valence electrons. The van der Waals surface area contributed by atoms with E-state index in [0.29, 0.717) is 17.9 Å². The fourth-order valence-corrected chi connectivity index (χ4v) is 4.50. The fourth-order valence-electron chi connectivity index (χ4n) is 4.50. The fraction of sp³-hybridized carbons (Fsp3) is 0.385. The van der Waals surface area contributed by atoms with Gasteiger partial charge in [-0.25, -0.2) is 4.39 Å². The van der Waals surface area contributed by atoms with Crippen LogP contribution in [0, 0.1) is 12.7 Å². The predicted octanol–water partition coefficient (Wildman–Crippen LogP) is 4.43. The summed E-state index contributed by atoms with van der Waals surface area (Å²) in [6.07, 6.45) is 3.25. The van der Waals surface area contributed by atoms with Gasteiger partial charge in [-0.05, 0) is 69.0 Å². The molecule has 0 atom stereocenters. The summed E-state index contributed by atoms with van der Waals surface area (Å²) in [4.78, 5) is 27.5. The number of rotatable bonds is 7. The minimum atomic E-state index is -0.307. The zero-order valence-corrected chi connectivity index (χ0v) is 19.2. The smallest absolute Gasteiger partial charge is 0.260 e. The quantitative estimate of drug-likeness (QED) is 0.578. The van der Waals surface area contributed by atoms with E-state index in [4.69, 9.17) is 4.74 Å². The number of benzene rings is 2. The van der Waals surface area contributed by atoms with Crippen LogP contribution >= 0.6 is 0 Å². The number of nitrogens with zero attached hydrogens (tertiary/aromatic N) is 2. The Bertz CT molecular complexity index is 1150. The van der Waals surface area contributed by atoms with Gasteiger partial charge in [0.1, 0.15) is 11.6 Å². The van der Waals surface area contributed by atoms with Crippen molar-refractivity contribution in [1.29, 1.82) is 0 Å². The summed E-state index contributed by atoms with van der Waals surface area (Å²) in [7, 11) is 0. The second kappa shape index (κ2) is 10.1. The highest BCUT2D eigenvalue weighted by Crippen LogP contribution is 2.30. The first-order valence-electron chi connectivity index (χ1n) is 11.5. The van der Waals surface area contributed by atoms with Crippen LogP contribution in [-0.4, -0.2) is 41.0 Å². The van der Waals surface area contributed by atoms with Gasteiger partial charge in [0, 0.05) is 42.8 Å². The predicted molar refractivity (Wildman–Crippen MR) is 126 cm³/mol. The molecule has 4 rings (SSSR count). The molecule has 2 amide bonds. The van der Waals surface area contributed by atoms with Gasteiger partial charge in [0.05, 0.1) is 5.56 Å². The number of ether oxygens (including phenoxy) is 1. The first-order chi connectivity index (χ1) is 16.0. The van der Waals surface area contributed by atoms with Crippen molar-refractivity contribution < 1.29 is 18.7 Å². The molecule has 0 spiro atoms. The number of nitrogens with one attached hydrogen (secondary N) is 1. The molecular weight excluding hydrogens is 421 g/mol. The Morgan fingerprint density at radius 1 is 1.06 bits per heavy atom. The van der Waals surface area contributed by atoms with Crippen LogP contribution in [0.15, 0.2) is 42.5 Å². The number of amides is 2. The third-order valence-electron chi connectivity index (χ3n) is 6.28. The number of likely N-dealkylation sites (tertiary alicyclic amines) is 1. The summed E-state index contributed by atoms with van der Waals surface area (Å²) in [6.45, 7) is 6.56. The van der Waals surface area contributed by atoms with E-state index in [1.807, 2.05) is 36.9 Å². The third-order valence-corrected chi connectivity index (χ3v) is 6.28. The molecule has 1 aliphatic rings. The SMILES string of the molecule is CCn1c(C)c(C(=O)NCc2ccc(F)cc2)c2cc(OCC(=O)N3CCCCC3)ccc21. The van der Waals surface area contributed by atoms with E-state index >= 15 is 0 Å². The first-order valence-corrected chi connectivity index (χ1v) is 11.5. The average Bonchev–Trinajstić information content (AvgIpc) is 3.12. The van der Waals surface area contributed by atoms with Crippen molar-refractivity contribution in [2.24, 2.45) is 0 Å². The standard InChI is InChI=1S/C26H30FN3O3/c1-3-30-18(2)25(26(32)28-16-19-7-9-20(27)10-8-19)22-15-21(11-12-23(22)30)33-17-24(31)29-13-5-4-6-14-29/h7-12,15H,3-6,13-14,16-17H2,1-2H3,(H,28,32). The molecule has 1 N–H and O–H groups in total. The summed E-state index contributed by atoms with van der Waals surface area (Å²) in [5.74, 6) is 0.0527. The van der Waals surface area contributed by atoms with Gasteiger partial charge in [0.25, 0.3) is 11.8 Å².